The zero-order chi connectivity index (χ0) is 13.7. The second kappa shape index (κ2) is 6.29. The summed E-state index contributed by atoms with van der Waals surface area (Å²) < 4.78 is 7.49. The number of aliphatic hydroxyl groups excluding tert-OH is 1. The molecule has 102 valence electrons. The van der Waals surface area contributed by atoms with E-state index >= 15 is 0 Å². The topological polar surface area (TPSA) is 73.1 Å². The molecule has 0 aromatic carbocycles. The summed E-state index contributed by atoms with van der Waals surface area (Å²) in [5.41, 5.74) is 1.40. The molecular weight excluding hydrogens is 244 g/mol. The van der Waals surface area contributed by atoms with Gasteiger partial charge in [-0.15, -0.1) is 0 Å². The molecule has 0 aliphatic rings. The molecule has 19 heavy (non-hydrogen) atoms. The molecule has 0 amide bonds. The molecule has 0 fully saturated rings. The third-order valence-electron chi connectivity index (χ3n) is 2.71. The third kappa shape index (κ3) is 3.29. The van der Waals surface area contributed by atoms with Crippen LogP contribution in [0.25, 0.3) is 0 Å². The molecule has 1 N–H and O–H groups in total. The van der Waals surface area contributed by atoms with Gasteiger partial charge in [-0.2, -0.15) is 5.10 Å². The Hall–Kier alpha value is -1.95. The fraction of sp³-hybridized carbons (Fsp3) is 0.462. The maximum Gasteiger partial charge on any atom is 0.164 e. The van der Waals surface area contributed by atoms with Crippen LogP contribution < -0.4 is 4.74 Å². The molecule has 6 heteroatoms. The molecular formula is C13H18N4O2. The maximum absolute atomic E-state index is 9.26. The molecule has 2 rings (SSSR count). The van der Waals surface area contributed by atoms with Crippen LogP contribution in [0.3, 0.4) is 0 Å². The fourth-order valence-electron chi connectivity index (χ4n) is 1.78. The molecule has 0 saturated carbocycles. The van der Waals surface area contributed by atoms with E-state index in [-0.39, 0.29) is 6.61 Å². The zero-order valence-electron chi connectivity index (χ0n) is 11.2. The summed E-state index contributed by atoms with van der Waals surface area (Å²) in [5, 5.41) is 13.4. The molecule has 0 aliphatic carbocycles. The van der Waals surface area contributed by atoms with Crippen LogP contribution in [0.4, 0.5) is 0 Å². The van der Waals surface area contributed by atoms with E-state index in [9.17, 15) is 5.11 Å². The number of aromatic nitrogens is 4. The second-order valence-electron chi connectivity index (χ2n) is 4.24. The summed E-state index contributed by atoms with van der Waals surface area (Å²) in [6, 6.07) is 3.67. The van der Waals surface area contributed by atoms with Gasteiger partial charge < -0.3 is 9.84 Å². The Morgan fingerprint density at radius 3 is 2.95 bits per heavy atom. The number of hydrogen-bond donors (Lipinski definition) is 1. The van der Waals surface area contributed by atoms with Gasteiger partial charge in [0, 0.05) is 12.2 Å². The standard InChI is InChI=1S/C13H18N4O2/c1-3-6-17-13(14-9-15-17)8-19-12-5-4-10(2)16-11(12)7-18/h4-5,9,18H,3,6-8H2,1-2H3. The number of pyridine rings is 1. The van der Waals surface area contributed by atoms with Crippen molar-refractivity contribution in [3.8, 4) is 5.75 Å². The van der Waals surface area contributed by atoms with Crippen molar-refractivity contribution in [2.45, 2.75) is 40.0 Å². The maximum atomic E-state index is 9.26. The first-order valence-electron chi connectivity index (χ1n) is 6.31. The Morgan fingerprint density at radius 1 is 1.37 bits per heavy atom. The van der Waals surface area contributed by atoms with Gasteiger partial charge in [0.15, 0.2) is 5.82 Å². The summed E-state index contributed by atoms with van der Waals surface area (Å²) >= 11 is 0. The Labute approximate surface area is 112 Å². The number of rotatable bonds is 6. The van der Waals surface area contributed by atoms with Gasteiger partial charge in [0.1, 0.15) is 24.4 Å². The predicted octanol–water partition coefficient (Wildman–Crippen LogP) is 1.46. The van der Waals surface area contributed by atoms with Crippen LogP contribution in [-0.4, -0.2) is 24.9 Å². The van der Waals surface area contributed by atoms with Crippen LogP contribution in [0.1, 0.15) is 30.6 Å². The number of aryl methyl sites for hydroxylation is 2. The van der Waals surface area contributed by atoms with Crippen LogP contribution >= 0.6 is 0 Å². The van der Waals surface area contributed by atoms with Crippen LogP contribution in [0.2, 0.25) is 0 Å². The molecule has 0 bridgehead atoms. The predicted molar refractivity (Wildman–Crippen MR) is 69.5 cm³/mol. The third-order valence-corrected chi connectivity index (χ3v) is 2.71. The minimum absolute atomic E-state index is 0.140. The van der Waals surface area contributed by atoms with Crippen LogP contribution in [0, 0.1) is 6.92 Å². The van der Waals surface area contributed by atoms with Crippen LogP contribution in [0.15, 0.2) is 18.5 Å². The highest BCUT2D eigenvalue weighted by Crippen LogP contribution is 2.18. The van der Waals surface area contributed by atoms with E-state index in [0.717, 1.165) is 24.5 Å². The minimum atomic E-state index is -0.140. The molecule has 0 saturated heterocycles. The van der Waals surface area contributed by atoms with Crippen molar-refractivity contribution in [2.75, 3.05) is 0 Å². The Morgan fingerprint density at radius 2 is 2.21 bits per heavy atom. The van der Waals surface area contributed by atoms with E-state index in [1.807, 2.05) is 23.7 Å². The van der Waals surface area contributed by atoms with E-state index in [4.69, 9.17) is 4.74 Å². The van der Waals surface area contributed by atoms with Crippen molar-refractivity contribution >= 4 is 0 Å². The molecule has 0 atom stereocenters. The number of hydrogen-bond acceptors (Lipinski definition) is 5. The van der Waals surface area contributed by atoms with Gasteiger partial charge in [0.05, 0.1) is 6.61 Å². The molecule has 0 spiro atoms. The van der Waals surface area contributed by atoms with E-state index in [0.29, 0.717) is 18.1 Å². The van der Waals surface area contributed by atoms with Crippen LogP contribution in [0.5, 0.6) is 5.75 Å². The SMILES string of the molecule is CCCn1ncnc1COc1ccc(C)nc1CO. The van der Waals surface area contributed by atoms with Gasteiger partial charge in [0.25, 0.3) is 0 Å². The first-order valence-corrected chi connectivity index (χ1v) is 6.31. The van der Waals surface area contributed by atoms with Gasteiger partial charge in [-0.05, 0) is 25.5 Å². The summed E-state index contributed by atoms with van der Waals surface area (Å²) in [5.74, 6) is 1.35. The van der Waals surface area contributed by atoms with E-state index in [1.54, 1.807) is 0 Å². The van der Waals surface area contributed by atoms with Crippen molar-refractivity contribution in [2.24, 2.45) is 0 Å². The Balaban J connectivity index is 2.07. The van der Waals surface area contributed by atoms with Crippen molar-refractivity contribution in [3.63, 3.8) is 0 Å². The summed E-state index contributed by atoms with van der Waals surface area (Å²) in [6.07, 6.45) is 2.51. The average Bonchev–Trinajstić information content (AvgIpc) is 2.85. The van der Waals surface area contributed by atoms with Crippen molar-refractivity contribution in [3.05, 3.63) is 35.7 Å². The quantitative estimate of drug-likeness (QED) is 0.853. The fourth-order valence-corrected chi connectivity index (χ4v) is 1.78. The lowest BCUT2D eigenvalue weighted by molar-refractivity contribution is 0.247. The Bertz CT molecular complexity index is 539. The van der Waals surface area contributed by atoms with Crippen molar-refractivity contribution in [1.82, 2.24) is 19.7 Å². The van der Waals surface area contributed by atoms with E-state index in [1.165, 1.54) is 6.33 Å². The summed E-state index contributed by atoms with van der Waals surface area (Å²) in [7, 11) is 0. The number of aliphatic hydroxyl groups is 1. The van der Waals surface area contributed by atoms with E-state index in [2.05, 4.69) is 22.0 Å². The van der Waals surface area contributed by atoms with Gasteiger partial charge >= 0.3 is 0 Å². The normalized spacial score (nSPS) is 10.7. The molecule has 0 aliphatic heterocycles. The smallest absolute Gasteiger partial charge is 0.164 e. The lowest BCUT2D eigenvalue weighted by atomic mass is 10.3. The minimum Gasteiger partial charge on any atom is -0.484 e. The average molecular weight is 262 g/mol. The Kier molecular flexibility index (Phi) is 4.46. The first kappa shape index (κ1) is 13.5. The second-order valence-corrected chi connectivity index (χ2v) is 4.24. The van der Waals surface area contributed by atoms with Gasteiger partial charge in [-0.3, -0.25) is 4.98 Å². The molecule has 6 nitrogen and oxygen atoms in total. The lowest BCUT2D eigenvalue weighted by Gasteiger charge is -2.10. The summed E-state index contributed by atoms with van der Waals surface area (Å²) in [6.45, 7) is 4.95. The van der Waals surface area contributed by atoms with Crippen molar-refractivity contribution < 1.29 is 9.84 Å². The van der Waals surface area contributed by atoms with Gasteiger partial charge in [0.2, 0.25) is 0 Å². The van der Waals surface area contributed by atoms with Gasteiger partial charge in [-0.25, -0.2) is 9.67 Å². The highest BCUT2D eigenvalue weighted by molar-refractivity contribution is 5.28. The molecule has 2 heterocycles. The highest BCUT2D eigenvalue weighted by Gasteiger charge is 2.08. The van der Waals surface area contributed by atoms with Gasteiger partial charge in [-0.1, -0.05) is 6.92 Å². The van der Waals surface area contributed by atoms with E-state index < -0.39 is 0 Å². The number of nitrogens with zero attached hydrogens (tertiary/aromatic N) is 4. The first-order chi connectivity index (χ1) is 9.24. The molecule has 2 aromatic rings. The largest absolute Gasteiger partial charge is 0.484 e. The molecule has 0 unspecified atom stereocenters. The zero-order valence-corrected chi connectivity index (χ0v) is 11.2. The number of ether oxygens (including phenoxy) is 1. The molecule has 0 radical (unpaired) electrons. The monoisotopic (exact) mass is 262 g/mol. The van der Waals surface area contributed by atoms with Crippen LogP contribution in [-0.2, 0) is 19.8 Å². The molecule has 2 aromatic heterocycles. The van der Waals surface area contributed by atoms with Crippen molar-refractivity contribution in [1.29, 1.82) is 0 Å². The summed E-state index contributed by atoms with van der Waals surface area (Å²) in [4.78, 5) is 8.40. The highest BCUT2D eigenvalue weighted by atomic mass is 16.5. The lowest BCUT2D eigenvalue weighted by Crippen LogP contribution is -2.09.